The molecule has 0 saturated heterocycles. The van der Waals surface area contributed by atoms with Crippen molar-refractivity contribution in [2.45, 2.75) is 44.7 Å². The van der Waals surface area contributed by atoms with Gasteiger partial charge in [0, 0.05) is 41.4 Å². The van der Waals surface area contributed by atoms with Gasteiger partial charge in [-0.25, -0.2) is 4.98 Å². The summed E-state index contributed by atoms with van der Waals surface area (Å²) in [6, 6.07) is 4.19. The first-order valence-electron chi connectivity index (χ1n) is 9.48. The Morgan fingerprint density at radius 3 is 2.96 bits per heavy atom. The highest BCUT2D eigenvalue weighted by atomic mass is 32.1. The van der Waals surface area contributed by atoms with E-state index in [2.05, 4.69) is 43.9 Å². The quantitative estimate of drug-likeness (QED) is 0.746. The Morgan fingerprint density at radius 1 is 1.37 bits per heavy atom. The van der Waals surface area contributed by atoms with Gasteiger partial charge in [0.1, 0.15) is 5.65 Å². The molecule has 3 heterocycles. The van der Waals surface area contributed by atoms with E-state index < -0.39 is 0 Å². The average molecular weight is 384 g/mol. The van der Waals surface area contributed by atoms with E-state index in [0.29, 0.717) is 11.6 Å². The number of carbonyl (C=O) groups is 1. The lowest BCUT2D eigenvalue weighted by Crippen LogP contribution is -2.27. The molecule has 0 spiro atoms. The molecule has 1 fully saturated rings. The van der Waals surface area contributed by atoms with Crippen LogP contribution in [0.4, 0.5) is 0 Å². The Balaban J connectivity index is 1.75. The number of rotatable bonds is 4. The maximum Gasteiger partial charge on any atom is 0.281 e. The second-order valence-corrected chi connectivity index (χ2v) is 8.26. The fourth-order valence-electron chi connectivity index (χ4n) is 3.88. The van der Waals surface area contributed by atoms with Crippen molar-refractivity contribution in [2.75, 3.05) is 14.1 Å². The predicted octanol–water partition coefficient (Wildman–Crippen LogP) is 3.73. The van der Waals surface area contributed by atoms with Gasteiger partial charge in [0.05, 0.1) is 5.56 Å². The molecule has 0 aliphatic heterocycles. The molecule has 1 aliphatic rings. The van der Waals surface area contributed by atoms with E-state index in [1.807, 2.05) is 12.1 Å². The number of nitrogens with zero attached hydrogens (tertiary/aromatic N) is 4. The van der Waals surface area contributed by atoms with Crippen molar-refractivity contribution in [2.24, 2.45) is 4.99 Å². The third-order valence-electron chi connectivity index (χ3n) is 5.11. The zero-order valence-electron chi connectivity index (χ0n) is 15.8. The molecule has 6 nitrogen and oxygen atoms in total. The highest BCUT2D eigenvalue weighted by Gasteiger charge is 2.20. The van der Waals surface area contributed by atoms with Crippen molar-refractivity contribution in [3.05, 3.63) is 46.0 Å². The van der Waals surface area contributed by atoms with E-state index in [0.717, 1.165) is 35.2 Å². The van der Waals surface area contributed by atoms with Crippen LogP contribution in [0, 0.1) is 0 Å². The highest BCUT2D eigenvalue weighted by molar-refractivity contribution is 7.07. The second-order valence-electron chi connectivity index (χ2n) is 7.43. The first kappa shape index (κ1) is 18.1. The van der Waals surface area contributed by atoms with Crippen molar-refractivity contribution in [3.63, 3.8) is 0 Å². The fraction of sp³-hybridized carbons (Fsp3) is 0.450. The summed E-state index contributed by atoms with van der Waals surface area (Å²) in [4.78, 5) is 27.8. The van der Waals surface area contributed by atoms with Crippen LogP contribution < -0.4 is 4.80 Å². The smallest absolute Gasteiger partial charge is 0.281 e. The van der Waals surface area contributed by atoms with Crippen LogP contribution in [0.15, 0.2) is 34.9 Å². The molecule has 142 valence electrons. The molecular formula is C20H25N5OS. The highest BCUT2D eigenvalue weighted by Crippen LogP contribution is 2.29. The van der Waals surface area contributed by atoms with E-state index in [1.54, 1.807) is 23.7 Å². The van der Waals surface area contributed by atoms with Gasteiger partial charge in [-0.1, -0.05) is 19.3 Å². The fourth-order valence-corrected chi connectivity index (χ4v) is 4.83. The van der Waals surface area contributed by atoms with Gasteiger partial charge in [-0.2, -0.15) is 4.99 Å². The summed E-state index contributed by atoms with van der Waals surface area (Å²) in [5, 5.41) is 2.97. The predicted molar refractivity (Wildman–Crippen MR) is 108 cm³/mol. The van der Waals surface area contributed by atoms with Gasteiger partial charge in [0.2, 0.25) is 0 Å². The molecule has 0 aromatic carbocycles. The summed E-state index contributed by atoms with van der Waals surface area (Å²) >= 11 is 1.57. The first-order valence-corrected chi connectivity index (χ1v) is 10.4. The molecular weight excluding hydrogens is 358 g/mol. The van der Waals surface area contributed by atoms with Gasteiger partial charge >= 0.3 is 0 Å². The van der Waals surface area contributed by atoms with Crippen molar-refractivity contribution < 1.29 is 4.79 Å². The third-order valence-corrected chi connectivity index (χ3v) is 6.00. The van der Waals surface area contributed by atoms with Gasteiger partial charge in [0.15, 0.2) is 4.80 Å². The van der Waals surface area contributed by atoms with Gasteiger partial charge in [-0.05, 0) is 39.1 Å². The zero-order valence-corrected chi connectivity index (χ0v) is 16.6. The zero-order chi connectivity index (χ0) is 18.8. The van der Waals surface area contributed by atoms with Crippen LogP contribution in [0.5, 0.6) is 0 Å². The van der Waals surface area contributed by atoms with Crippen LogP contribution >= 0.6 is 11.3 Å². The second kappa shape index (κ2) is 7.78. The number of carbonyl (C=O) groups excluding carboxylic acids is 1. The topological polar surface area (TPSA) is 66.3 Å². The van der Waals surface area contributed by atoms with Crippen molar-refractivity contribution >= 4 is 28.3 Å². The molecule has 0 unspecified atom stereocenters. The molecule has 27 heavy (non-hydrogen) atoms. The average Bonchev–Trinajstić information content (AvgIpc) is 3.26. The van der Waals surface area contributed by atoms with Crippen molar-refractivity contribution in [3.8, 4) is 0 Å². The number of H-pyrrole nitrogens is 1. The van der Waals surface area contributed by atoms with E-state index in [9.17, 15) is 4.79 Å². The lowest BCUT2D eigenvalue weighted by Gasteiger charge is -2.26. The summed E-state index contributed by atoms with van der Waals surface area (Å²) in [7, 11) is 4.15. The van der Waals surface area contributed by atoms with Crippen LogP contribution in [-0.2, 0) is 6.54 Å². The van der Waals surface area contributed by atoms with Crippen molar-refractivity contribution in [1.29, 1.82) is 0 Å². The minimum atomic E-state index is -0.211. The van der Waals surface area contributed by atoms with Gasteiger partial charge < -0.3 is 14.5 Å². The maximum atomic E-state index is 12.9. The molecule has 3 aromatic rings. The number of hydrogen-bond donors (Lipinski definition) is 1. The van der Waals surface area contributed by atoms with E-state index in [4.69, 9.17) is 0 Å². The van der Waals surface area contributed by atoms with Crippen LogP contribution in [0.3, 0.4) is 0 Å². The van der Waals surface area contributed by atoms with E-state index in [-0.39, 0.29) is 5.91 Å². The monoisotopic (exact) mass is 383 g/mol. The van der Waals surface area contributed by atoms with Crippen LogP contribution in [0.1, 0.15) is 54.2 Å². The Bertz CT molecular complexity index is 1010. The van der Waals surface area contributed by atoms with Gasteiger partial charge in [-0.3, -0.25) is 4.79 Å². The van der Waals surface area contributed by atoms with E-state index >= 15 is 0 Å². The largest absolute Gasteiger partial charge is 0.345 e. The van der Waals surface area contributed by atoms with Crippen LogP contribution in [0.2, 0.25) is 0 Å². The number of aromatic amines is 1. The number of amides is 1. The number of thiazole rings is 1. The Hall–Kier alpha value is -2.25. The molecule has 1 saturated carbocycles. The molecule has 1 N–H and O–H groups in total. The molecule has 1 amide bonds. The molecule has 7 heteroatoms. The molecule has 1 aliphatic carbocycles. The first-order chi connectivity index (χ1) is 13.1. The number of fused-ring (bicyclic) bond motifs is 1. The minimum absolute atomic E-state index is 0.211. The Morgan fingerprint density at radius 2 is 2.19 bits per heavy atom. The Labute approximate surface area is 162 Å². The molecule has 0 atom stereocenters. The normalized spacial score (nSPS) is 16.5. The van der Waals surface area contributed by atoms with Gasteiger partial charge in [0.25, 0.3) is 5.91 Å². The standard InChI is InChI=1S/C20H25N5OS/c1-24(2)12-15-13-27-20(25(15)14-7-4-3-5-8-14)23-19(26)17-11-22-18-16(17)9-6-10-21-18/h6,9-11,13-14H,3-5,7-8,12H2,1-2H3,(H,21,22). The Kier molecular flexibility index (Phi) is 5.22. The van der Waals surface area contributed by atoms with Crippen LogP contribution in [-0.4, -0.2) is 39.4 Å². The molecule has 3 aromatic heterocycles. The SMILES string of the molecule is CN(C)Cc1csc(=NC(=O)c2c[nH]c3ncccc23)n1C1CCCCC1. The number of aromatic nitrogens is 3. The maximum absolute atomic E-state index is 12.9. The summed E-state index contributed by atoms with van der Waals surface area (Å²) in [6.07, 6.45) is 9.55. The summed E-state index contributed by atoms with van der Waals surface area (Å²) in [5.74, 6) is -0.211. The molecule has 4 rings (SSSR count). The lowest BCUT2D eigenvalue weighted by molar-refractivity contribution is 0.0999. The van der Waals surface area contributed by atoms with Gasteiger partial charge in [-0.15, -0.1) is 11.3 Å². The number of hydrogen-bond acceptors (Lipinski definition) is 4. The molecule has 0 radical (unpaired) electrons. The lowest BCUT2D eigenvalue weighted by atomic mass is 9.95. The summed E-state index contributed by atoms with van der Waals surface area (Å²) in [6.45, 7) is 0.855. The van der Waals surface area contributed by atoms with Crippen molar-refractivity contribution in [1.82, 2.24) is 19.4 Å². The summed E-state index contributed by atoms with van der Waals surface area (Å²) < 4.78 is 2.31. The molecule has 0 bridgehead atoms. The van der Waals surface area contributed by atoms with Crippen LogP contribution in [0.25, 0.3) is 11.0 Å². The number of nitrogens with one attached hydrogen (secondary N) is 1. The third kappa shape index (κ3) is 3.75. The minimum Gasteiger partial charge on any atom is -0.345 e. The number of pyridine rings is 1. The van der Waals surface area contributed by atoms with E-state index in [1.165, 1.54) is 25.0 Å². The summed E-state index contributed by atoms with van der Waals surface area (Å²) in [5.41, 5.74) is 2.54.